The Hall–Kier alpha value is -2.34. The lowest BCUT2D eigenvalue weighted by Gasteiger charge is -2.36. The highest BCUT2D eigenvalue weighted by Crippen LogP contribution is 2.24. The van der Waals surface area contributed by atoms with Crippen molar-refractivity contribution in [3.63, 3.8) is 0 Å². The average molecular weight is 383 g/mol. The van der Waals surface area contributed by atoms with E-state index in [2.05, 4.69) is 17.2 Å². The lowest BCUT2D eigenvalue weighted by Crippen LogP contribution is -2.51. The highest BCUT2D eigenvalue weighted by atomic mass is 16.2. The van der Waals surface area contributed by atoms with Gasteiger partial charge in [0.15, 0.2) is 0 Å². The summed E-state index contributed by atoms with van der Waals surface area (Å²) in [6, 6.07) is 9.82. The third kappa shape index (κ3) is 4.07. The molecule has 2 amide bonds. The number of aromatic nitrogens is 1. The van der Waals surface area contributed by atoms with Gasteiger partial charge in [-0.1, -0.05) is 25.1 Å². The number of hydrogen-bond acceptors (Lipinski definition) is 3. The zero-order valence-electron chi connectivity index (χ0n) is 16.6. The topological polar surface area (TPSA) is 68.4 Å². The fourth-order valence-corrected chi connectivity index (χ4v) is 4.45. The number of nitrogens with one attached hydrogen (secondary N) is 2. The summed E-state index contributed by atoms with van der Waals surface area (Å²) in [4.78, 5) is 32.5. The standard InChI is InChI=1S/C22H30N4O2/c1-16(18-6-4-8-23-15-18)13-21(27)25-9-11-26(12-10-25)22(28)20-14-17-5-2-3-7-19(17)24-20/h2-3,5,7,14,16,18,23-24H,4,6,8-13,15H2,1H3. The maximum Gasteiger partial charge on any atom is 0.270 e. The minimum Gasteiger partial charge on any atom is -0.351 e. The lowest BCUT2D eigenvalue weighted by molar-refractivity contribution is -0.134. The number of hydrogen-bond donors (Lipinski definition) is 2. The van der Waals surface area contributed by atoms with Gasteiger partial charge in [0.05, 0.1) is 0 Å². The highest BCUT2D eigenvalue weighted by Gasteiger charge is 2.28. The Labute approximate surface area is 166 Å². The molecule has 0 saturated carbocycles. The van der Waals surface area contributed by atoms with Crippen molar-refractivity contribution in [3.8, 4) is 0 Å². The summed E-state index contributed by atoms with van der Waals surface area (Å²) in [5.41, 5.74) is 1.60. The van der Waals surface area contributed by atoms with E-state index in [1.54, 1.807) is 0 Å². The van der Waals surface area contributed by atoms with E-state index in [9.17, 15) is 9.59 Å². The molecule has 3 heterocycles. The lowest BCUT2D eigenvalue weighted by atomic mass is 9.85. The van der Waals surface area contributed by atoms with Gasteiger partial charge >= 0.3 is 0 Å². The first-order chi connectivity index (χ1) is 13.6. The van der Waals surface area contributed by atoms with E-state index in [1.807, 2.05) is 40.1 Å². The van der Waals surface area contributed by atoms with Gasteiger partial charge in [-0.3, -0.25) is 9.59 Å². The van der Waals surface area contributed by atoms with Gasteiger partial charge in [-0.05, 0) is 49.9 Å². The Kier molecular flexibility index (Phi) is 5.67. The maximum absolute atomic E-state index is 12.8. The molecule has 0 bridgehead atoms. The Balaban J connectivity index is 1.30. The molecule has 28 heavy (non-hydrogen) atoms. The second-order valence-electron chi connectivity index (χ2n) is 8.23. The molecule has 2 aliphatic heterocycles. The van der Waals surface area contributed by atoms with Crippen molar-refractivity contribution in [1.29, 1.82) is 0 Å². The largest absolute Gasteiger partial charge is 0.351 e. The van der Waals surface area contributed by atoms with Crippen LogP contribution >= 0.6 is 0 Å². The molecule has 1 aromatic carbocycles. The first-order valence-electron chi connectivity index (χ1n) is 10.5. The fourth-order valence-electron chi connectivity index (χ4n) is 4.45. The van der Waals surface area contributed by atoms with Crippen molar-refractivity contribution in [2.45, 2.75) is 26.2 Å². The molecule has 2 N–H and O–H groups in total. The molecule has 2 unspecified atom stereocenters. The van der Waals surface area contributed by atoms with Crippen molar-refractivity contribution < 1.29 is 9.59 Å². The van der Waals surface area contributed by atoms with Gasteiger partial charge in [-0.15, -0.1) is 0 Å². The van der Waals surface area contributed by atoms with Gasteiger partial charge in [0.2, 0.25) is 5.91 Å². The molecule has 6 nitrogen and oxygen atoms in total. The summed E-state index contributed by atoms with van der Waals surface area (Å²) in [5, 5.41) is 4.49. The number of benzene rings is 1. The van der Waals surface area contributed by atoms with Gasteiger partial charge in [0, 0.05) is 43.5 Å². The van der Waals surface area contributed by atoms with E-state index in [0.29, 0.717) is 50.1 Å². The molecule has 0 spiro atoms. The number of para-hydroxylation sites is 1. The highest BCUT2D eigenvalue weighted by molar-refractivity contribution is 5.98. The van der Waals surface area contributed by atoms with Crippen LogP contribution in [0.4, 0.5) is 0 Å². The number of amides is 2. The number of carbonyl (C=O) groups excluding carboxylic acids is 2. The van der Waals surface area contributed by atoms with Crippen LogP contribution in [0.5, 0.6) is 0 Å². The summed E-state index contributed by atoms with van der Waals surface area (Å²) in [5.74, 6) is 1.26. The van der Waals surface area contributed by atoms with Crippen molar-refractivity contribution in [1.82, 2.24) is 20.1 Å². The summed E-state index contributed by atoms with van der Waals surface area (Å²) in [6.07, 6.45) is 3.04. The van der Waals surface area contributed by atoms with Crippen LogP contribution in [0, 0.1) is 11.8 Å². The van der Waals surface area contributed by atoms with Gasteiger partial charge in [0.25, 0.3) is 5.91 Å². The number of rotatable bonds is 4. The minimum atomic E-state index is 0.0185. The number of aromatic amines is 1. The minimum absolute atomic E-state index is 0.0185. The fraction of sp³-hybridized carbons (Fsp3) is 0.545. The second-order valence-corrected chi connectivity index (χ2v) is 8.23. The van der Waals surface area contributed by atoms with E-state index in [-0.39, 0.29) is 11.8 Å². The van der Waals surface area contributed by atoms with Crippen LogP contribution in [-0.4, -0.2) is 65.9 Å². The number of piperidine rings is 1. The van der Waals surface area contributed by atoms with Gasteiger partial charge < -0.3 is 20.1 Å². The number of piperazine rings is 1. The van der Waals surface area contributed by atoms with E-state index in [4.69, 9.17) is 0 Å². The van der Waals surface area contributed by atoms with E-state index in [1.165, 1.54) is 12.8 Å². The van der Waals surface area contributed by atoms with Crippen LogP contribution in [0.15, 0.2) is 30.3 Å². The number of carbonyl (C=O) groups is 2. The Morgan fingerprint density at radius 3 is 2.61 bits per heavy atom. The molecule has 2 atom stereocenters. The molecule has 2 aliphatic rings. The molecular weight excluding hydrogens is 352 g/mol. The van der Waals surface area contributed by atoms with Crippen LogP contribution in [0.25, 0.3) is 10.9 Å². The average Bonchev–Trinajstić information content (AvgIpc) is 3.18. The van der Waals surface area contributed by atoms with E-state index < -0.39 is 0 Å². The molecule has 4 rings (SSSR count). The molecule has 2 fully saturated rings. The Morgan fingerprint density at radius 2 is 1.89 bits per heavy atom. The number of fused-ring (bicyclic) bond motifs is 1. The monoisotopic (exact) mass is 382 g/mol. The third-order valence-corrected chi connectivity index (χ3v) is 6.32. The normalized spacial score (nSPS) is 21.7. The predicted octanol–water partition coefficient (Wildman–Crippen LogP) is 2.48. The van der Waals surface area contributed by atoms with Crippen molar-refractivity contribution in [2.75, 3.05) is 39.3 Å². The first kappa shape index (κ1) is 19.0. The molecule has 0 radical (unpaired) electrons. The molecule has 6 heteroatoms. The smallest absolute Gasteiger partial charge is 0.270 e. The van der Waals surface area contributed by atoms with Crippen LogP contribution in [-0.2, 0) is 4.79 Å². The Morgan fingerprint density at radius 1 is 1.14 bits per heavy atom. The molecular formula is C22H30N4O2. The number of nitrogens with zero attached hydrogens (tertiary/aromatic N) is 2. The summed E-state index contributed by atoms with van der Waals surface area (Å²) >= 11 is 0. The first-order valence-corrected chi connectivity index (χ1v) is 10.5. The zero-order valence-corrected chi connectivity index (χ0v) is 16.6. The van der Waals surface area contributed by atoms with Crippen LogP contribution in [0.1, 0.15) is 36.7 Å². The van der Waals surface area contributed by atoms with Gasteiger partial charge in [-0.25, -0.2) is 0 Å². The van der Waals surface area contributed by atoms with Crippen molar-refractivity contribution in [2.24, 2.45) is 11.8 Å². The maximum atomic E-state index is 12.8. The molecule has 2 saturated heterocycles. The Bertz CT molecular complexity index is 799. The van der Waals surface area contributed by atoms with Crippen LogP contribution in [0.2, 0.25) is 0 Å². The summed E-state index contributed by atoms with van der Waals surface area (Å²) in [6.45, 7) is 6.77. The van der Waals surface area contributed by atoms with Gasteiger partial charge in [0.1, 0.15) is 5.69 Å². The van der Waals surface area contributed by atoms with E-state index in [0.717, 1.165) is 24.0 Å². The van der Waals surface area contributed by atoms with Crippen LogP contribution < -0.4 is 5.32 Å². The SMILES string of the molecule is CC(CC(=O)N1CCN(C(=O)c2cc3ccccc3[nH]2)CC1)C1CCCNC1. The second kappa shape index (κ2) is 8.35. The number of H-pyrrole nitrogens is 1. The predicted molar refractivity (Wildman–Crippen MR) is 110 cm³/mol. The third-order valence-electron chi connectivity index (χ3n) is 6.32. The van der Waals surface area contributed by atoms with Crippen LogP contribution in [0.3, 0.4) is 0 Å². The molecule has 0 aliphatic carbocycles. The van der Waals surface area contributed by atoms with E-state index >= 15 is 0 Å². The zero-order chi connectivity index (χ0) is 19.5. The molecule has 2 aromatic rings. The molecule has 150 valence electrons. The quantitative estimate of drug-likeness (QED) is 0.854. The van der Waals surface area contributed by atoms with Crippen molar-refractivity contribution in [3.05, 3.63) is 36.0 Å². The summed E-state index contributed by atoms with van der Waals surface area (Å²) in [7, 11) is 0. The van der Waals surface area contributed by atoms with Crippen molar-refractivity contribution >= 4 is 22.7 Å². The molecule has 1 aromatic heterocycles. The van der Waals surface area contributed by atoms with Gasteiger partial charge in [-0.2, -0.15) is 0 Å². The summed E-state index contributed by atoms with van der Waals surface area (Å²) < 4.78 is 0.